The number of amides is 1. The van der Waals surface area contributed by atoms with Crippen molar-refractivity contribution in [3.63, 3.8) is 0 Å². The molecular weight excluding hydrogens is 475 g/mol. The van der Waals surface area contributed by atoms with Crippen LogP contribution in [0.3, 0.4) is 0 Å². The summed E-state index contributed by atoms with van der Waals surface area (Å²) in [6.07, 6.45) is 1.66. The number of nitro groups is 1. The Balaban J connectivity index is 1.82. The summed E-state index contributed by atoms with van der Waals surface area (Å²) in [6.45, 7) is 1.90. The molecule has 3 rings (SSSR count). The topological polar surface area (TPSA) is 108 Å². The van der Waals surface area contributed by atoms with Crippen LogP contribution in [-0.2, 0) is 13.6 Å². The van der Waals surface area contributed by atoms with Gasteiger partial charge in [-0.25, -0.2) is 0 Å². The number of carbonyl (C=O) groups excluding carboxylic acids is 1. The van der Waals surface area contributed by atoms with E-state index in [9.17, 15) is 14.9 Å². The molecule has 146 valence electrons. The summed E-state index contributed by atoms with van der Waals surface area (Å²) < 4.78 is 3.37. The highest BCUT2D eigenvalue weighted by Crippen LogP contribution is 2.26. The van der Waals surface area contributed by atoms with Crippen molar-refractivity contribution in [3.8, 4) is 0 Å². The van der Waals surface area contributed by atoms with Gasteiger partial charge in [0, 0.05) is 13.2 Å². The number of carbonyl (C=O) groups is 1. The molecule has 0 aliphatic rings. The van der Waals surface area contributed by atoms with Gasteiger partial charge >= 0.3 is 5.69 Å². The van der Waals surface area contributed by atoms with Crippen LogP contribution in [0.4, 0.5) is 11.5 Å². The Hall–Kier alpha value is -2.43. The Morgan fingerprint density at radius 3 is 2.68 bits per heavy atom. The van der Waals surface area contributed by atoms with E-state index in [0.717, 1.165) is 5.56 Å². The second-order valence-corrected chi connectivity index (χ2v) is 7.56. The van der Waals surface area contributed by atoms with Crippen LogP contribution in [0.2, 0.25) is 10.0 Å². The van der Waals surface area contributed by atoms with Crippen LogP contribution < -0.4 is 5.32 Å². The average Bonchev–Trinajstić information content (AvgIpc) is 3.11. The SMILES string of the molecule is Cc1c([N+](=O)[O-])c(C(=O)Nc2nn(Cc3ccc(Cl)c(Cl)c3)cc2Br)nn1C. The van der Waals surface area contributed by atoms with Gasteiger partial charge in [0.2, 0.25) is 5.69 Å². The molecule has 0 unspecified atom stereocenters. The number of nitrogens with zero attached hydrogens (tertiary/aromatic N) is 5. The molecule has 12 heteroatoms. The first kappa shape index (κ1) is 20.3. The normalized spacial score (nSPS) is 10.9. The lowest BCUT2D eigenvalue weighted by Crippen LogP contribution is -2.15. The molecule has 0 aliphatic carbocycles. The second-order valence-electron chi connectivity index (χ2n) is 5.89. The predicted molar refractivity (Wildman–Crippen MR) is 108 cm³/mol. The molecule has 0 radical (unpaired) electrons. The monoisotopic (exact) mass is 486 g/mol. The maximum absolute atomic E-state index is 12.5. The van der Waals surface area contributed by atoms with E-state index in [-0.39, 0.29) is 22.9 Å². The zero-order valence-electron chi connectivity index (χ0n) is 14.6. The molecule has 2 heterocycles. The third-order valence-corrected chi connectivity index (χ3v) is 5.30. The second kappa shape index (κ2) is 7.90. The first-order valence-electron chi connectivity index (χ1n) is 7.83. The van der Waals surface area contributed by atoms with Crippen LogP contribution >= 0.6 is 39.1 Å². The summed E-state index contributed by atoms with van der Waals surface area (Å²) >= 11 is 15.2. The van der Waals surface area contributed by atoms with Crippen molar-refractivity contribution in [2.24, 2.45) is 7.05 Å². The van der Waals surface area contributed by atoms with E-state index in [4.69, 9.17) is 23.2 Å². The van der Waals surface area contributed by atoms with E-state index in [1.807, 2.05) is 6.07 Å². The van der Waals surface area contributed by atoms with Crippen molar-refractivity contribution >= 4 is 56.5 Å². The van der Waals surface area contributed by atoms with Crippen molar-refractivity contribution in [2.45, 2.75) is 13.5 Å². The first-order chi connectivity index (χ1) is 13.2. The molecule has 3 aromatic rings. The van der Waals surface area contributed by atoms with Crippen LogP contribution in [-0.4, -0.2) is 30.4 Å². The van der Waals surface area contributed by atoms with Gasteiger partial charge in [-0.05, 0) is 40.5 Å². The molecule has 0 atom stereocenters. The maximum Gasteiger partial charge on any atom is 0.322 e. The number of rotatable bonds is 5. The number of hydrogen-bond donors (Lipinski definition) is 1. The summed E-state index contributed by atoms with van der Waals surface area (Å²) in [5.74, 6) is -0.515. The van der Waals surface area contributed by atoms with E-state index < -0.39 is 10.8 Å². The van der Waals surface area contributed by atoms with Gasteiger partial charge in [0.25, 0.3) is 5.91 Å². The van der Waals surface area contributed by atoms with Gasteiger partial charge in [0.05, 0.1) is 26.0 Å². The van der Waals surface area contributed by atoms with Gasteiger partial charge in [0.1, 0.15) is 5.69 Å². The average molecular weight is 488 g/mol. The highest BCUT2D eigenvalue weighted by atomic mass is 79.9. The first-order valence-corrected chi connectivity index (χ1v) is 9.38. The summed E-state index contributed by atoms with van der Waals surface area (Å²) in [5.41, 5.74) is 0.514. The smallest absolute Gasteiger partial charge is 0.302 e. The molecule has 0 aliphatic heterocycles. The number of aryl methyl sites for hydroxylation is 1. The standard InChI is InChI=1S/C16H13BrCl2N6O3/c1-8-14(25(27)28)13(21-23(8)2)16(26)20-15-10(17)7-24(22-15)6-9-3-4-11(18)12(19)5-9/h3-5,7H,6H2,1-2H3,(H,20,22,26). The van der Waals surface area contributed by atoms with Gasteiger partial charge < -0.3 is 5.32 Å². The van der Waals surface area contributed by atoms with E-state index in [1.54, 1.807) is 23.0 Å². The molecule has 0 fully saturated rings. The molecule has 0 spiro atoms. The molecule has 9 nitrogen and oxygen atoms in total. The fourth-order valence-electron chi connectivity index (χ4n) is 2.52. The van der Waals surface area contributed by atoms with Gasteiger partial charge in [0.15, 0.2) is 5.82 Å². The fraction of sp³-hybridized carbons (Fsp3) is 0.188. The van der Waals surface area contributed by atoms with Crippen LogP contribution in [0.1, 0.15) is 21.7 Å². The van der Waals surface area contributed by atoms with Gasteiger partial charge in [-0.3, -0.25) is 24.3 Å². The molecule has 1 aromatic carbocycles. The largest absolute Gasteiger partial charge is 0.322 e. The van der Waals surface area contributed by atoms with Crippen molar-refractivity contribution in [2.75, 3.05) is 5.32 Å². The molecule has 0 saturated heterocycles. The Morgan fingerprint density at radius 2 is 2.04 bits per heavy atom. The number of anilines is 1. The summed E-state index contributed by atoms with van der Waals surface area (Å²) in [6, 6.07) is 5.21. The fourth-order valence-corrected chi connectivity index (χ4v) is 3.26. The maximum atomic E-state index is 12.5. The van der Waals surface area contributed by atoms with Crippen molar-refractivity contribution in [1.29, 1.82) is 0 Å². The van der Waals surface area contributed by atoms with Gasteiger partial charge in [-0.1, -0.05) is 29.3 Å². The third-order valence-electron chi connectivity index (χ3n) is 3.98. The highest BCUT2D eigenvalue weighted by Gasteiger charge is 2.29. The van der Waals surface area contributed by atoms with E-state index in [2.05, 4.69) is 31.4 Å². The zero-order valence-corrected chi connectivity index (χ0v) is 17.7. The molecule has 0 saturated carbocycles. The van der Waals surface area contributed by atoms with Gasteiger partial charge in [-0.2, -0.15) is 10.2 Å². The Labute approximate surface area is 177 Å². The minimum atomic E-state index is -0.726. The minimum Gasteiger partial charge on any atom is -0.302 e. The van der Waals surface area contributed by atoms with Crippen LogP contribution in [0.5, 0.6) is 0 Å². The lowest BCUT2D eigenvalue weighted by Gasteiger charge is -2.04. The quantitative estimate of drug-likeness (QED) is 0.428. The Morgan fingerprint density at radius 1 is 1.32 bits per heavy atom. The number of benzene rings is 1. The van der Waals surface area contributed by atoms with Crippen molar-refractivity contribution in [1.82, 2.24) is 19.6 Å². The van der Waals surface area contributed by atoms with Crippen LogP contribution in [0.15, 0.2) is 28.9 Å². The predicted octanol–water partition coefficient (Wildman–Crippen LogP) is 4.20. The van der Waals surface area contributed by atoms with Crippen molar-refractivity contribution in [3.05, 3.63) is 66.0 Å². The molecule has 1 amide bonds. The van der Waals surface area contributed by atoms with Gasteiger partial charge in [-0.15, -0.1) is 0 Å². The number of halogens is 3. The lowest BCUT2D eigenvalue weighted by atomic mass is 10.2. The molecular formula is C16H13BrCl2N6O3. The Bertz CT molecular complexity index is 1090. The van der Waals surface area contributed by atoms with E-state index >= 15 is 0 Å². The van der Waals surface area contributed by atoms with E-state index in [1.165, 1.54) is 18.7 Å². The molecule has 1 N–H and O–H groups in total. The van der Waals surface area contributed by atoms with Crippen molar-refractivity contribution < 1.29 is 9.72 Å². The lowest BCUT2D eigenvalue weighted by molar-refractivity contribution is -0.385. The molecule has 2 aromatic heterocycles. The zero-order chi connectivity index (χ0) is 20.6. The molecule has 28 heavy (non-hydrogen) atoms. The summed E-state index contributed by atoms with van der Waals surface area (Å²) in [4.78, 5) is 23.1. The van der Waals surface area contributed by atoms with Crippen LogP contribution in [0, 0.1) is 17.0 Å². The summed E-state index contributed by atoms with van der Waals surface area (Å²) in [5, 5.41) is 22.9. The minimum absolute atomic E-state index is 0.211. The third kappa shape index (κ3) is 4.03. The van der Waals surface area contributed by atoms with Crippen LogP contribution in [0.25, 0.3) is 0 Å². The summed E-state index contributed by atoms with van der Waals surface area (Å²) in [7, 11) is 1.53. The number of nitrogens with one attached hydrogen (secondary N) is 1. The molecule has 0 bridgehead atoms. The number of hydrogen-bond acceptors (Lipinski definition) is 5. The number of aromatic nitrogens is 4. The van der Waals surface area contributed by atoms with E-state index in [0.29, 0.717) is 21.1 Å². The Kier molecular flexibility index (Phi) is 5.73. The highest BCUT2D eigenvalue weighted by molar-refractivity contribution is 9.10.